The minimum Gasteiger partial charge on any atom is -0.458 e. The van der Waals surface area contributed by atoms with Gasteiger partial charge in [-0.25, -0.2) is 4.79 Å². The van der Waals surface area contributed by atoms with Crippen LogP contribution in [0.15, 0.2) is 72.8 Å². The van der Waals surface area contributed by atoms with Crippen LogP contribution in [-0.2, 0) is 38.9 Å². The van der Waals surface area contributed by atoms with Gasteiger partial charge in [0.05, 0.1) is 25.2 Å². The highest BCUT2D eigenvalue weighted by Gasteiger charge is 2.60. The Morgan fingerprint density at radius 1 is 0.895 bits per heavy atom. The van der Waals surface area contributed by atoms with Gasteiger partial charge in [-0.3, -0.25) is 9.69 Å². The number of esters is 1. The average molecular weight is 808 g/mol. The van der Waals surface area contributed by atoms with E-state index in [1.54, 1.807) is 26.8 Å². The highest BCUT2D eigenvalue weighted by atomic mass is 32.1. The first-order valence-corrected chi connectivity index (χ1v) is 21.7. The molecule has 1 amide bonds. The fourth-order valence-electron chi connectivity index (χ4n) is 8.29. The van der Waals surface area contributed by atoms with E-state index in [-0.39, 0.29) is 24.1 Å². The lowest BCUT2D eigenvalue weighted by atomic mass is 9.75. The Bertz CT molecular complexity index is 1530. The largest absolute Gasteiger partial charge is 0.458 e. The van der Waals surface area contributed by atoms with Crippen LogP contribution in [0, 0.1) is 11.8 Å². The van der Waals surface area contributed by atoms with Crippen molar-refractivity contribution in [2.75, 3.05) is 26.9 Å². The number of hydrogen-bond acceptors (Lipinski definition) is 9. The number of hydrogen-bond donors (Lipinski definition) is 1. The van der Waals surface area contributed by atoms with Gasteiger partial charge in [0.15, 0.2) is 17.0 Å². The Labute approximate surface area is 347 Å². The number of rotatable bonds is 23. The summed E-state index contributed by atoms with van der Waals surface area (Å²) in [5, 5.41) is 12.5. The van der Waals surface area contributed by atoms with Crippen LogP contribution >= 0.6 is 12.2 Å². The van der Waals surface area contributed by atoms with Crippen LogP contribution in [0.5, 0.6) is 0 Å². The van der Waals surface area contributed by atoms with E-state index >= 15 is 4.79 Å². The third-order valence-corrected chi connectivity index (χ3v) is 11.4. The fourth-order valence-corrected chi connectivity index (χ4v) is 8.63. The molecule has 0 radical (unpaired) electrons. The Balaban J connectivity index is 1.59. The molecule has 0 unspecified atom stereocenters. The number of aliphatic hydroxyl groups is 1. The topological polar surface area (TPSA) is 104 Å². The van der Waals surface area contributed by atoms with Crippen molar-refractivity contribution in [1.29, 1.82) is 0 Å². The zero-order valence-electron chi connectivity index (χ0n) is 35.6. The molecule has 316 valence electrons. The first-order chi connectivity index (χ1) is 27.2. The van der Waals surface area contributed by atoms with E-state index in [0.29, 0.717) is 19.6 Å². The van der Waals surface area contributed by atoms with Crippen LogP contribution in [0.3, 0.4) is 0 Å². The molecule has 2 heterocycles. The number of carbonyl (C=O) groups excluding carboxylic acids is 2. The summed E-state index contributed by atoms with van der Waals surface area (Å²) in [7, 11) is 1.49. The molecule has 2 fully saturated rings. The molecule has 4 rings (SSSR count). The molecule has 57 heavy (non-hydrogen) atoms. The summed E-state index contributed by atoms with van der Waals surface area (Å²) in [4.78, 5) is 30.8. The predicted octanol–water partition coefficient (Wildman–Crippen LogP) is 9.82. The standard InChI is InChI=1S/C47H69NO8S/c1-8-9-10-14-23-30-45(53-34-35-54-45)31-24-15-12-11-13-22-29-39(46(51,32-33-52-7)42(50)55-44(4,5)6)41(49)48-40(36(2)3)47(56-43(48)57,37-25-18-16-19-26-37)38-27-20-17-21-28-38/h16-22,25-29,36,39-40,51H,8-15,23-24,30-35H2,1-7H3/t39-,40+,46+/m1/s1. The monoisotopic (exact) mass is 807 g/mol. The summed E-state index contributed by atoms with van der Waals surface area (Å²) in [6.07, 6.45) is 15.8. The van der Waals surface area contributed by atoms with E-state index in [4.69, 9.17) is 35.9 Å². The second kappa shape index (κ2) is 21.7. The first kappa shape index (κ1) is 46.5. The molecule has 9 nitrogen and oxygen atoms in total. The van der Waals surface area contributed by atoms with Gasteiger partial charge in [0.2, 0.25) is 5.91 Å². The van der Waals surface area contributed by atoms with E-state index in [0.717, 1.165) is 56.1 Å². The fraction of sp³-hybridized carbons (Fsp3) is 0.638. The summed E-state index contributed by atoms with van der Waals surface area (Å²) < 4.78 is 30.2. The normalized spacial score (nSPS) is 19.5. The van der Waals surface area contributed by atoms with Gasteiger partial charge in [0.1, 0.15) is 5.60 Å². The van der Waals surface area contributed by atoms with Gasteiger partial charge in [0.25, 0.3) is 5.17 Å². The van der Waals surface area contributed by atoms with E-state index in [2.05, 4.69) is 6.92 Å². The smallest absolute Gasteiger partial charge is 0.339 e. The van der Waals surface area contributed by atoms with E-state index < -0.39 is 46.4 Å². The van der Waals surface area contributed by atoms with Crippen molar-refractivity contribution >= 4 is 29.3 Å². The van der Waals surface area contributed by atoms with Crippen molar-refractivity contribution in [2.24, 2.45) is 11.8 Å². The molecule has 0 spiro atoms. The second-order valence-corrected chi connectivity index (χ2v) is 17.4. The number of ether oxygens (including phenoxy) is 5. The molecular formula is C47H69NO8S. The number of allylic oxidation sites excluding steroid dienone is 1. The summed E-state index contributed by atoms with van der Waals surface area (Å²) in [6, 6.07) is 18.9. The molecule has 0 aromatic heterocycles. The van der Waals surface area contributed by atoms with Crippen LogP contribution in [0.25, 0.3) is 0 Å². The van der Waals surface area contributed by atoms with Crippen molar-refractivity contribution in [2.45, 2.75) is 154 Å². The van der Waals surface area contributed by atoms with Crippen molar-refractivity contribution in [3.63, 3.8) is 0 Å². The molecule has 2 aliphatic heterocycles. The SMILES string of the molecule is CCCCCCCC1(CCCCCCC=C[C@H](C(=O)N2C(=S)OC(c3ccccc3)(c3ccccc3)[C@@H]2C(C)C)[C@@](O)(CCOC)C(=O)OC(C)(C)C)OCCO1. The van der Waals surface area contributed by atoms with Gasteiger partial charge in [-0.2, -0.15) is 0 Å². The molecule has 0 bridgehead atoms. The number of thiocarbonyl (C=S) groups is 1. The minimum atomic E-state index is -2.26. The number of benzene rings is 2. The van der Waals surface area contributed by atoms with Crippen molar-refractivity contribution in [3.8, 4) is 0 Å². The van der Waals surface area contributed by atoms with Crippen LogP contribution in [0.4, 0.5) is 0 Å². The lowest BCUT2D eigenvalue weighted by Crippen LogP contribution is -2.58. The zero-order valence-corrected chi connectivity index (χ0v) is 36.5. The molecule has 2 aromatic carbocycles. The maximum absolute atomic E-state index is 15.3. The number of unbranched alkanes of at least 4 members (excludes halogenated alkanes) is 8. The third kappa shape index (κ3) is 12.0. The average Bonchev–Trinajstić information content (AvgIpc) is 3.79. The van der Waals surface area contributed by atoms with Crippen LogP contribution in [0.1, 0.15) is 136 Å². The van der Waals surface area contributed by atoms with Gasteiger partial charge in [-0.05, 0) is 64.6 Å². The van der Waals surface area contributed by atoms with Crippen LogP contribution in [-0.4, -0.2) is 77.0 Å². The Morgan fingerprint density at radius 3 is 1.95 bits per heavy atom. The summed E-state index contributed by atoms with van der Waals surface area (Å²) >= 11 is 5.95. The highest BCUT2D eigenvalue weighted by Crippen LogP contribution is 2.48. The van der Waals surface area contributed by atoms with Crippen molar-refractivity contribution in [1.82, 2.24) is 4.90 Å². The van der Waals surface area contributed by atoms with Crippen LogP contribution < -0.4 is 0 Å². The van der Waals surface area contributed by atoms with Gasteiger partial charge < -0.3 is 28.8 Å². The predicted molar refractivity (Wildman–Crippen MR) is 228 cm³/mol. The first-order valence-electron chi connectivity index (χ1n) is 21.3. The Morgan fingerprint density at radius 2 is 1.44 bits per heavy atom. The molecule has 0 saturated carbocycles. The number of carbonyl (C=O) groups is 2. The summed E-state index contributed by atoms with van der Waals surface area (Å²) in [5.41, 5.74) is -2.64. The molecule has 0 aliphatic carbocycles. The maximum atomic E-state index is 15.3. The minimum absolute atomic E-state index is 0.0166. The van der Waals surface area contributed by atoms with E-state index in [1.165, 1.54) is 37.7 Å². The van der Waals surface area contributed by atoms with Gasteiger partial charge in [-0.1, -0.05) is 132 Å². The number of amides is 1. The van der Waals surface area contributed by atoms with E-state index in [9.17, 15) is 9.90 Å². The van der Waals surface area contributed by atoms with Gasteiger partial charge in [-0.15, -0.1) is 0 Å². The molecule has 2 aromatic rings. The quantitative estimate of drug-likeness (QED) is 0.0509. The van der Waals surface area contributed by atoms with Crippen molar-refractivity contribution < 1.29 is 38.4 Å². The lowest BCUT2D eigenvalue weighted by molar-refractivity contribution is -0.186. The Kier molecular flexibility index (Phi) is 17.7. The van der Waals surface area contributed by atoms with Crippen molar-refractivity contribution in [3.05, 3.63) is 83.9 Å². The number of methoxy groups -OCH3 is 1. The molecule has 1 N–H and O–H groups in total. The Hall–Kier alpha value is -3.15. The second-order valence-electron chi connectivity index (χ2n) is 17.0. The third-order valence-electron chi connectivity index (χ3n) is 11.1. The zero-order chi connectivity index (χ0) is 41.5. The highest BCUT2D eigenvalue weighted by molar-refractivity contribution is 7.80. The van der Waals surface area contributed by atoms with E-state index in [1.807, 2.05) is 80.6 Å². The molecule has 10 heteroatoms. The maximum Gasteiger partial charge on any atom is 0.339 e. The summed E-state index contributed by atoms with van der Waals surface area (Å²) in [5.74, 6) is -3.38. The van der Waals surface area contributed by atoms with Gasteiger partial charge >= 0.3 is 5.97 Å². The number of nitrogens with zero attached hydrogens (tertiary/aromatic N) is 1. The summed E-state index contributed by atoms with van der Waals surface area (Å²) in [6.45, 7) is 12.8. The van der Waals surface area contributed by atoms with Gasteiger partial charge in [0, 0.05) is 44.1 Å². The molecular weight excluding hydrogens is 739 g/mol. The molecule has 2 aliphatic rings. The lowest BCUT2D eigenvalue weighted by Gasteiger charge is -2.40. The van der Waals surface area contributed by atoms with Crippen LogP contribution in [0.2, 0.25) is 0 Å². The molecule has 2 saturated heterocycles. The molecule has 3 atom stereocenters.